The molecule has 1 aromatic heterocycles. The first kappa shape index (κ1) is 14.7. The van der Waals surface area contributed by atoms with Gasteiger partial charge in [0.1, 0.15) is 5.69 Å². The van der Waals surface area contributed by atoms with E-state index in [-0.39, 0.29) is 5.69 Å². The van der Waals surface area contributed by atoms with Crippen LogP contribution in [0.1, 0.15) is 48.5 Å². The maximum atomic E-state index is 11.5. The van der Waals surface area contributed by atoms with Crippen LogP contribution in [0.3, 0.4) is 0 Å². The molecule has 0 aliphatic carbocycles. The summed E-state index contributed by atoms with van der Waals surface area (Å²) in [6, 6.07) is 1.52. The molecule has 7 heteroatoms. The van der Waals surface area contributed by atoms with E-state index in [0.29, 0.717) is 17.3 Å². The Bertz CT molecular complexity index is 555. The third-order valence-electron chi connectivity index (χ3n) is 3.81. The average Bonchev–Trinajstić information content (AvgIpc) is 2.57. The number of pyridine rings is 1. The number of amides is 1. The second-order valence-electron chi connectivity index (χ2n) is 5.78. The van der Waals surface area contributed by atoms with Crippen molar-refractivity contribution in [3.63, 3.8) is 0 Å². The molecule has 0 spiro atoms. The van der Waals surface area contributed by atoms with Crippen molar-refractivity contribution < 1.29 is 18.9 Å². The van der Waals surface area contributed by atoms with Crippen molar-refractivity contribution in [1.82, 2.24) is 4.98 Å². The van der Waals surface area contributed by atoms with E-state index >= 15 is 0 Å². The molecule has 20 heavy (non-hydrogen) atoms. The van der Waals surface area contributed by atoms with Gasteiger partial charge in [-0.1, -0.05) is 0 Å². The van der Waals surface area contributed by atoms with Crippen LogP contribution in [0.15, 0.2) is 12.3 Å². The van der Waals surface area contributed by atoms with Gasteiger partial charge in [0.15, 0.2) is 6.29 Å². The molecule has 6 nitrogen and oxygen atoms in total. The highest BCUT2D eigenvalue weighted by Crippen LogP contribution is 2.36. The number of carbonyl (C=O) groups is 2. The van der Waals surface area contributed by atoms with Crippen LogP contribution in [0, 0.1) is 0 Å². The average molecular weight is 276 g/mol. The smallest absolute Gasteiger partial charge is 0.399 e. The summed E-state index contributed by atoms with van der Waals surface area (Å²) >= 11 is 0. The highest BCUT2D eigenvalue weighted by atomic mass is 16.7. The first-order valence-electron chi connectivity index (χ1n) is 6.28. The largest absolute Gasteiger partial charge is 0.497 e. The van der Waals surface area contributed by atoms with Gasteiger partial charge in [-0.2, -0.15) is 0 Å². The van der Waals surface area contributed by atoms with Crippen molar-refractivity contribution in [3.8, 4) is 0 Å². The summed E-state index contributed by atoms with van der Waals surface area (Å²) in [5, 5.41) is 0. The van der Waals surface area contributed by atoms with E-state index in [9.17, 15) is 9.59 Å². The van der Waals surface area contributed by atoms with Crippen LogP contribution < -0.4 is 11.2 Å². The van der Waals surface area contributed by atoms with Crippen molar-refractivity contribution >= 4 is 24.8 Å². The molecule has 1 aliphatic rings. The van der Waals surface area contributed by atoms with E-state index in [4.69, 9.17) is 15.0 Å². The molecule has 1 aliphatic heterocycles. The van der Waals surface area contributed by atoms with Gasteiger partial charge < -0.3 is 15.0 Å². The summed E-state index contributed by atoms with van der Waals surface area (Å²) in [6.07, 6.45) is 1.94. The number of nitrogens with zero attached hydrogens (tertiary/aromatic N) is 1. The van der Waals surface area contributed by atoms with Crippen molar-refractivity contribution in [2.45, 2.75) is 38.9 Å². The molecule has 1 fully saturated rings. The highest BCUT2D eigenvalue weighted by molar-refractivity contribution is 6.63. The predicted octanol–water partition coefficient (Wildman–Crippen LogP) is 0.292. The molecule has 0 bridgehead atoms. The van der Waals surface area contributed by atoms with Crippen LogP contribution in [0.4, 0.5) is 0 Å². The number of hydrogen-bond acceptors (Lipinski definition) is 5. The van der Waals surface area contributed by atoms with Crippen LogP contribution >= 0.6 is 0 Å². The Morgan fingerprint density at radius 3 is 2.30 bits per heavy atom. The molecule has 2 rings (SSSR count). The van der Waals surface area contributed by atoms with Gasteiger partial charge in [-0.15, -0.1) is 0 Å². The Balaban J connectivity index is 2.48. The van der Waals surface area contributed by atoms with Crippen molar-refractivity contribution in [2.24, 2.45) is 5.73 Å². The normalized spacial score (nSPS) is 19.9. The molecule has 0 radical (unpaired) electrons. The minimum atomic E-state index is -0.782. The van der Waals surface area contributed by atoms with Crippen molar-refractivity contribution in [2.75, 3.05) is 0 Å². The number of rotatable bonds is 3. The number of carbonyl (C=O) groups excluding carboxylic acids is 2. The van der Waals surface area contributed by atoms with Gasteiger partial charge in [-0.25, -0.2) is 0 Å². The van der Waals surface area contributed by atoms with Gasteiger partial charge in [-0.05, 0) is 33.8 Å². The predicted molar refractivity (Wildman–Crippen MR) is 73.9 cm³/mol. The van der Waals surface area contributed by atoms with Gasteiger partial charge >= 0.3 is 7.12 Å². The number of hydrogen-bond donors (Lipinski definition) is 1. The maximum Gasteiger partial charge on any atom is 0.497 e. The third-order valence-corrected chi connectivity index (χ3v) is 3.81. The van der Waals surface area contributed by atoms with E-state index in [1.165, 1.54) is 12.3 Å². The van der Waals surface area contributed by atoms with Gasteiger partial charge in [0, 0.05) is 17.2 Å². The first-order chi connectivity index (χ1) is 9.18. The summed E-state index contributed by atoms with van der Waals surface area (Å²) in [6.45, 7) is 7.59. The summed E-state index contributed by atoms with van der Waals surface area (Å²) in [7, 11) is -0.782. The van der Waals surface area contributed by atoms with E-state index in [1.54, 1.807) is 0 Å². The molecule has 0 aromatic carbocycles. The van der Waals surface area contributed by atoms with Crippen LogP contribution in [0.5, 0.6) is 0 Å². The summed E-state index contributed by atoms with van der Waals surface area (Å²) < 4.78 is 11.7. The lowest BCUT2D eigenvalue weighted by Gasteiger charge is -2.32. The summed E-state index contributed by atoms with van der Waals surface area (Å²) in [5.74, 6) is -0.688. The van der Waals surface area contributed by atoms with E-state index in [2.05, 4.69) is 4.98 Å². The highest BCUT2D eigenvalue weighted by Gasteiger charge is 2.52. The Labute approximate surface area is 117 Å². The van der Waals surface area contributed by atoms with Crippen LogP contribution in [-0.4, -0.2) is 35.5 Å². The molecule has 2 N–H and O–H groups in total. The van der Waals surface area contributed by atoms with Crippen molar-refractivity contribution in [1.29, 1.82) is 0 Å². The lowest BCUT2D eigenvalue weighted by Crippen LogP contribution is -2.41. The number of primary amides is 1. The number of aromatic nitrogens is 1. The van der Waals surface area contributed by atoms with E-state index in [1.807, 2.05) is 27.7 Å². The second kappa shape index (κ2) is 4.68. The molecular weight excluding hydrogens is 259 g/mol. The minimum absolute atomic E-state index is 0.0501. The van der Waals surface area contributed by atoms with Crippen LogP contribution in [0.2, 0.25) is 0 Å². The van der Waals surface area contributed by atoms with Crippen molar-refractivity contribution in [3.05, 3.63) is 23.5 Å². The van der Waals surface area contributed by atoms with Gasteiger partial charge in [-0.3, -0.25) is 14.6 Å². The standard InChI is InChI=1S/C13H17BN2O4/c1-12(2)13(3,4)20-14(19-12)9-5-8(7-17)6-16-10(9)11(15)18/h5-7H,1-4H3,(H2,15,18). The molecule has 0 unspecified atom stereocenters. The molecule has 0 atom stereocenters. The molecule has 2 heterocycles. The summed E-state index contributed by atoms with van der Waals surface area (Å²) in [5.41, 5.74) is 4.96. The Hall–Kier alpha value is -1.73. The first-order valence-corrected chi connectivity index (χ1v) is 6.28. The SMILES string of the molecule is CC1(C)OB(c2cc(C=O)cnc2C(N)=O)OC1(C)C. The molecular formula is C13H17BN2O4. The lowest BCUT2D eigenvalue weighted by molar-refractivity contribution is 0.00578. The molecule has 0 saturated carbocycles. The molecule has 1 saturated heterocycles. The fourth-order valence-electron chi connectivity index (χ4n) is 1.92. The van der Waals surface area contributed by atoms with E-state index < -0.39 is 24.2 Å². The maximum absolute atomic E-state index is 11.5. The van der Waals surface area contributed by atoms with Gasteiger partial charge in [0.2, 0.25) is 0 Å². The van der Waals surface area contributed by atoms with E-state index in [0.717, 1.165) is 0 Å². The number of aldehydes is 1. The topological polar surface area (TPSA) is 91.5 Å². The zero-order valence-corrected chi connectivity index (χ0v) is 12.0. The van der Waals surface area contributed by atoms with Gasteiger partial charge in [0.25, 0.3) is 5.91 Å². The Kier molecular flexibility index (Phi) is 3.43. The van der Waals surface area contributed by atoms with Crippen LogP contribution in [-0.2, 0) is 9.31 Å². The van der Waals surface area contributed by atoms with Crippen LogP contribution in [0.25, 0.3) is 0 Å². The Morgan fingerprint density at radius 1 is 1.30 bits per heavy atom. The fraction of sp³-hybridized carbons (Fsp3) is 0.462. The monoisotopic (exact) mass is 276 g/mol. The second-order valence-corrected chi connectivity index (χ2v) is 5.78. The third kappa shape index (κ3) is 2.34. The summed E-state index contributed by atoms with van der Waals surface area (Å²) in [4.78, 5) is 26.3. The lowest BCUT2D eigenvalue weighted by atomic mass is 9.77. The zero-order valence-electron chi connectivity index (χ0n) is 12.0. The fourth-order valence-corrected chi connectivity index (χ4v) is 1.92. The minimum Gasteiger partial charge on any atom is -0.399 e. The molecule has 1 amide bonds. The number of nitrogens with two attached hydrogens (primary N) is 1. The quantitative estimate of drug-likeness (QED) is 0.633. The molecule has 1 aromatic rings. The van der Waals surface area contributed by atoms with Gasteiger partial charge in [0.05, 0.1) is 11.2 Å². The Morgan fingerprint density at radius 2 is 1.85 bits per heavy atom. The molecule has 106 valence electrons. The zero-order chi connectivity index (χ0) is 15.1.